The number of amides is 2. The molecule has 2 heterocycles. The SMILES string of the molecule is CC(=O)Nc1ccc(CNC(=O)c2sc(-c3ccccn3)nc2C)cc1. The van der Waals surface area contributed by atoms with E-state index in [1.54, 1.807) is 18.3 Å². The van der Waals surface area contributed by atoms with Crippen LogP contribution in [-0.2, 0) is 11.3 Å². The normalized spacial score (nSPS) is 10.4. The maximum absolute atomic E-state index is 12.5. The molecule has 3 rings (SSSR count). The number of hydrogen-bond donors (Lipinski definition) is 2. The predicted molar refractivity (Wildman–Crippen MR) is 102 cm³/mol. The Labute approximate surface area is 155 Å². The van der Waals surface area contributed by atoms with E-state index >= 15 is 0 Å². The number of rotatable bonds is 5. The smallest absolute Gasteiger partial charge is 0.263 e. The molecule has 0 spiro atoms. The number of aryl methyl sites for hydroxylation is 1. The second-order valence-corrected chi connectivity index (χ2v) is 6.71. The van der Waals surface area contributed by atoms with Gasteiger partial charge in [0.15, 0.2) is 0 Å². The van der Waals surface area contributed by atoms with E-state index in [9.17, 15) is 9.59 Å². The summed E-state index contributed by atoms with van der Waals surface area (Å²) in [6, 6.07) is 12.9. The molecule has 2 amide bonds. The summed E-state index contributed by atoms with van der Waals surface area (Å²) in [4.78, 5) is 32.8. The van der Waals surface area contributed by atoms with Crippen LogP contribution in [0.3, 0.4) is 0 Å². The van der Waals surface area contributed by atoms with Gasteiger partial charge >= 0.3 is 0 Å². The molecule has 1 aromatic carbocycles. The molecule has 6 nitrogen and oxygen atoms in total. The van der Waals surface area contributed by atoms with Gasteiger partial charge < -0.3 is 10.6 Å². The quantitative estimate of drug-likeness (QED) is 0.725. The van der Waals surface area contributed by atoms with Gasteiger partial charge in [0.05, 0.1) is 11.4 Å². The van der Waals surface area contributed by atoms with Crippen LogP contribution >= 0.6 is 11.3 Å². The lowest BCUT2D eigenvalue weighted by molar-refractivity contribution is -0.114. The predicted octanol–water partition coefficient (Wildman–Crippen LogP) is 3.40. The maximum Gasteiger partial charge on any atom is 0.263 e. The number of anilines is 1. The summed E-state index contributed by atoms with van der Waals surface area (Å²) in [6.45, 7) is 3.68. The fraction of sp³-hybridized carbons (Fsp3) is 0.158. The number of thiazole rings is 1. The van der Waals surface area contributed by atoms with Gasteiger partial charge in [0.2, 0.25) is 5.91 Å². The highest BCUT2D eigenvalue weighted by atomic mass is 32.1. The summed E-state index contributed by atoms with van der Waals surface area (Å²) in [7, 11) is 0. The van der Waals surface area contributed by atoms with E-state index in [0.29, 0.717) is 17.1 Å². The molecule has 0 aliphatic heterocycles. The lowest BCUT2D eigenvalue weighted by Crippen LogP contribution is -2.22. The van der Waals surface area contributed by atoms with Gasteiger partial charge in [0, 0.05) is 25.4 Å². The zero-order valence-corrected chi connectivity index (χ0v) is 15.3. The average molecular weight is 366 g/mol. The highest BCUT2D eigenvalue weighted by Crippen LogP contribution is 2.26. The van der Waals surface area contributed by atoms with Crippen LogP contribution in [0.15, 0.2) is 48.7 Å². The van der Waals surface area contributed by atoms with Crippen LogP contribution in [0.4, 0.5) is 5.69 Å². The van der Waals surface area contributed by atoms with E-state index in [1.807, 2.05) is 37.3 Å². The van der Waals surface area contributed by atoms with Crippen molar-refractivity contribution in [1.82, 2.24) is 15.3 Å². The number of nitrogens with zero attached hydrogens (tertiary/aromatic N) is 2. The Morgan fingerprint density at radius 1 is 1.12 bits per heavy atom. The summed E-state index contributed by atoms with van der Waals surface area (Å²) >= 11 is 1.33. The van der Waals surface area contributed by atoms with Gasteiger partial charge in [-0.2, -0.15) is 0 Å². The molecule has 0 saturated carbocycles. The molecule has 7 heteroatoms. The third kappa shape index (κ3) is 4.31. The highest BCUT2D eigenvalue weighted by Gasteiger charge is 2.16. The number of pyridine rings is 1. The van der Waals surface area contributed by atoms with E-state index in [0.717, 1.165) is 22.0 Å². The third-order valence-corrected chi connectivity index (χ3v) is 4.79. The first kappa shape index (κ1) is 17.8. The number of hydrogen-bond acceptors (Lipinski definition) is 5. The van der Waals surface area contributed by atoms with E-state index in [4.69, 9.17) is 0 Å². The van der Waals surface area contributed by atoms with Crippen LogP contribution in [0, 0.1) is 6.92 Å². The first-order valence-electron chi connectivity index (χ1n) is 8.06. The Bertz CT molecular complexity index is 920. The van der Waals surface area contributed by atoms with Crippen molar-refractivity contribution in [3.63, 3.8) is 0 Å². The highest BCUT2D eigenvalue weighted by molar-refractivity contribution is 7.17. The first-order valence-corrected chi connectivity index (χ1v) is 8.88. The molecule has 0 aliphatic rings. The van der Waals surface area contributed by atoms with Crippen LogP contribution in [-0.4, -0.2) is 21.8 Å². The zero-order valence-electron chi connectivity index (χ0n) is 14.4. The standard InChI is InChI=1S/C19H18N4O2S/c1-12-17(26-19(22-12)16-5-3-4-10-20-16)18(25)21-11-14-6-8-15(9-7-14)23-13(2)24/h3-10H,11H2,1-2H3,(H,21,25)(H,23,24). The molecule has 26 heavy (non-hydrogen) atoms. The summed E-state index contributed by atoms with van der Waals surface area (Å²) in [5.41, 5.74) is 3.12. The fourth-order valence-corrected chi connectivity index (χ4v) is 3.34. The van der Waals surface area contributed by atoms with Crippen LogP contribution in [0.2, 0.25) is 0 Å². The lowest BCUT2D eigenvalue weighted by Gasteiger charge is -2.06. The van der Waals surface area contributed by atoms with Gasteiger partial charge in [0.25, 0.3) is 5.91 Å². The molecular formula is C19H18N4O2S. The minimum absolute atomic E-state index is 0.115. The molecule has 0 aliphatic carbocycles. The summed E-state index contributed by atoms with van der Waals surface area (Å²) < 4.78 is 0. The van der Waals surface area contributed by atoms with Crippen molar-refractivity contribution in [2.45, 2.75) is 20.4 Å². The van der Waals surface area contributed by atoms with Crippen LogP contribution < -0.4 is 10.6 Å². The van der Waals surface area contributed by atoms with Crippen LogP contribution in [0.1, 0.15) is 27.9 Å². The van der Waals surface area contributed by atoms with E-state index in [-0.39, 0.29) is 11.8 Å². The minimum Gasteiger partial charge on any atom is -0.347 e. The van der Waals surface area contributed by atoms with Gasteiger partial charge in [-0.05, 0) is 36.8 Å². The van der Waals surface area contributed by atoms with E-state index in [1.165, 1.54) is 18.3 Å². The van der Waals surface area contributed by atoms with Crippen molar-refractivity contribution in [3.8, 4) is 10.7 Å². The Hall–Kier alpha value is -3.06. The molecule has 0 fully saturated rings. The summed E-state index contributed by atoms with van der Waals surface area (Å²) in [5.74, 6) is -0.274. The second-order valence-electron chi connectivity index (χ2n) is 5.71. The largest absolute Gasteiger partial charge is 0.347 e. The molecule has 0 saturated heterocycles. The number of carbonyl (C=O) groups is 2. The topological polar surface area (TPSA) is 84.0 Å². The Morgan fingerprint density at radius 2 is 1.88 bits per heavy atom. The first-order chi connectivity index (χ1) is 12.5. The van der Waals surface area contributed by atoms with Gasteiger partial charge in [-0.15, -0.1) is 11.3 Å². The summed E-state index contributed by atoms with van der Waals surface area (Å²) in [5, 5.41) is 6.34. The third-order valence-electron chi connectivity index (χ3n) is 3.61. The van der Waals surface area contributed by atoms with Gasteiger partial charge in [0.1, 0.15) is 9.88 Å². The van der Waals surface area contributed by atoms with Crippen molar-refractivity contribution < 1.29 is 9.59 Å². The molecule has 2 aromatic heterocycles. The van der Waals surface area contributed by atoms with Gasteiger partial charge in [-0.3, -0.25) is 14.6 Å². The minimum atomic E-state index is -0.159. The van der Waals surface area contributed by atoms with Crippen LogP contribution in [0.5, 0.6) is 0 Å². The number of benzene rings is 1. The monoisotopic (exact) mass is 366 g/mol. The zero-order chi connectivity index (χ0) is 18.5. The second kappa shape index (κ2) is 7.88. The molecule has 2 N–H and O–H groups in total. The van der Waals surface area contributed by atoms with Gasteiger partial charge in [-0.25, -0.2) is 4.98 Å². The fourth-order valence-electron chi connectivity index (χ4n) is 2.38. The van der Waals surface area contributed by atoms with E-state index < -0.39 is 0 Å². The van der Waals surface area contributed by atoms with Crippen molar-refractivity contribution >= 4 is 28.8 Å². The number of aromatic nitrogens is 2. The van der Waals surface area contributed by atoms with Crippen molar-refractivity contribution in [3.05, 3.63) is 64.8 Å². The van der Waals surface area contributed by atoms with Crippen LogP contribution in [0.25, 0.3) is 10.7 Å². The van der Waals surface area contributed by atoms with Crippen molar-refractivity contribution in [2.75, 3.05) is 5.32 Å². The number of carbonyl (C=O) groups excluding carboxylic acids is 2. The number of nitrogens with one attached hydrogen (secondary N) is 2. The average Bonchev–Trinajstić information content (AvgIpc) is 3.03. The summed E-state index contributed by atoms with van der Waals surface area (Å²) in [6.07, 6.45) is 1.70. The molecule has 0 radical (unpaired) electrons. The van der Waals surface area contributed by atoms with Gasteiger partial charge in [-0.1, -0.05) is 18.2 Å². The Kier molecular flexibility index (Phi) is 5.38. The molecule has 3 aromatic rings. The molecule has 0 unspecified atom stereocenters. The van der Waals surface area contributed by atoms with E-state index in [2.05, 4.69) is 20.6 Å². The Balaban J connectivity index is 1.65. The molecule has 132 valence electrons. The molecular weight excluding hydrogens is 348 g/mol. The molecule has 0 atom stereocenters. The molecule has 0 bridgehead atoms. The van der Waals surface area contributed by atoms with Crippen molar-refractivity contribution in [2.24, 2.45) is 0 Å². The van der Waals surface area contributed by atoms with Crippen molar-refractivity contribution in [1.29, 1.82) is 0 Å². The Morgan fingerprint density at radius 3 is 2.54 bits per heavy atom. The maximum atomic E-state index is 12.5. The lowest BCUT2D eigenvalue weighted by atomic mass is 10.2.